The summed E-state index contributed by atoms with van der Waals surface area (Å²) in [6.07, 6.45) is -8.31. The highest BCUT2D eigenvalue weighted by molar-refractivity contribution is 7.85. The minimum Gasteiger partial charge on any atom is -0.404 e. The molecule has 13 heteroatoms. The van der Waals surface area contributed by atoms with E-state index < -0.39 is 39.2 Å². The highest BCUT2D eigenvalue weighted by atomic mass is 35.5. The fourth-order valence-electron chi connectivity index (χ4n) is 1.93. The largest absolute Gasteiger partial charge is 0.573 e. The summed E-state index contributed by atoms with van der Waals surface area (Å²) in [6, 6.07) is 3.01. The molecule has 1 aromatic carbocycles. The van der Waals surface area contributed by atoms with Crippen molar-refractivity contribution in [2.24, 2.45) is 4.40 Å². The topological polar surface area (TPSA) is 56.5 Å². The molecule has 160 valence electrons. The number of hydrogen-bond acceptors (Lipinski definition) is 3. The second kappa shape index (κ2) is 7.98. The third-order valence-corrected chi connectivity index (χ3v) is 4.94. The van der Waals surface area contributed by atoms with E-state index in [1.54, 1.807) is 20.8 Å². The number of benzene rings is 1. The van der Waals surface area contributed by atoms with Crippen molar-refractivity contribution in [1.29, 1.82) is 0 Å². The summed E-state index contributed by atoms with van der Waals surface area (Å²) in [7, 11) is -1.89. The predicted molar refractivity (Wildman–Crippen MR) is 95.2 cm³/mol. The number of aromatic nitrogens is 2. The van der Waals surface area contributed by atoms with Crippen LogP contribution in [0.5, 0.6) is 5.75 Å². The van der Waals surface area contributed by atoms with Crippen LogP contribution in [-0.2, 0) is 17.3 Å². The molecule has 0 aliphatic rings. The van der Waals surface area contributed by atoms with Gasteiger partial charge in [-0.15, -0.1) is 26.3 Å². The molecule has 29 heavy (non-hydrogen) atoms. The second-order valence-electron chi connectivity index (χ2n) is 6.64. The quantitative estimate of drug-likeness (QED) is 0.464. The van der Waals surface area contributed by atoms with Gasteiger partial charge in [-0.2, -0.15) is 14.2 Å². The van der Waals surface area contributed by atoms with Gasteiger partial charge in [0.1, 0.15) is 16.7 Å². The Morgan fingerprint density at radius 1 is 1.14 bits per heavy atom. The van der Waals surface area contributed by atoms with Crippen molar-refractivity contribution in [1.82, 2.24) is 9.78 Å². The van der Waals surface area contributed by atoms with E-state index in [0.29, 0.717) is 6.20 Å². The first-order valence-corrected chi connectivity index (χ1v) is 9.25. The summed E-state index contributed by atoms with van der Waals surface area (Å²) >= 11 is 5.81. The number of nitrogens with zero attached hydrogens (tertiary/aromatic N) is 3. The molecule has 2 rings (SSSR count). The number of alkyl halides is 6. The van der Waals surface area contributed by atoms with Crippen LogP contribution in [0.15, 0.2) is 35.0 Å². The minimum atomic E-state index is -4.98. The van der Waals surface area contributed by atoms with Crippen LogP contribution >= 0.6 is 11.6 Å². The first-order chi connectivity index (χ1) is 13.1. The van der Waals surface area contributed by atoms with Crippen LogP contribution in [0.3, 0.4) is 0 Å². The Balaban J connectivity index is 2.57. The van der Waals surface area contributed by atoms with Crippen LogP contribution < -0.4 is 4.74 Å². The molecular weight excluding hydrogens is 448 g/mol. The predicted octanol–water partition coefficient (Wildman–Crippen LogP) is 5.21. The van der Waals surface area contributed by atoms with Gasteiger partial charge in [0, 0.05) is 17.3 Å². The van der Waals surface area contributed by atoms with Crippen LogP contribution in [0, 0.1) is 0 Å². The molecule has 0 spiro atoms. The molecule has 1 heterocycles. The Kier molecular flexibility index (Phi) is 6.38. The summed E-state index contributed by atoms with van der Waals surface area (Å²) in [5.74, 6) is -0.704. The van der Waals surface area contributed by atoms with Crippen LogP contribution in [0.1, 0.15) is 31.9 Å². The van der Waals surface area contributed by atoms with Gasteiger partial charge in [-0.05, 0) is 39.0 Å². The van der Waals surface area contributed by atoms with Gasteiger partial charge in [0.15, 0.2) is 0 Å². The van der Waals surface area contributed by atoms with Gasteiger partial charge in [-0.25, -0.2) is 4.21 Å². The second-order valence-corrected chi connectivity index (χ2v) is 8.95. The SMILES string of the molecule is CC(C)(C)[S@@](=O)N=C(c1ccc(OC(F)(F)F)c(Cl)c1)c1cnn(C(F)(F)F)c1. The number of rotatable bonds is 4. The van der Waals surface area contributed by atoms with Gasteiger partial charge in [-0.3, -0.25) is 0 Å². The zero-order chi connectivity index (χ0) is 22.2. The molecule has 0 aliphatic heterocycles. The molecular formula is C16H14ClF6N3O2S. The van der Waals surface area contributed by atoms with E-state index in [-0.39, 0.29) is 21.5 Å². The Labute approximate surface area is 168 Å². The van der Waals surface area contributed by atoms with Crippen molar-refractivity contribution in [2.45, 2.75) is 38.2 Å². The molecule has 0 saturated heterocycles. The van der Waals surface area contributed by atoms with Crippen molar-refractivity contribution in [3.8, 4) is 5.75 Å². The molecule has 0 bridgehead atoms. The van der Waals surface area contributed by atoms with Gasteiger partial charge in [0.2, 0.25) is 0 Å². The monoisotopic (exact) mass is 461 g/mol. The normalized spacial score (nSPS) is 14.8. The van der Waals surface area contributed by atoms with E-state index in [1.807, 2.05) is 0 Å². The molecule has 0 saturated carbocycles. The lowest BCUT2D eigenvalue weighted by Gasteiger charge is -2.16. The average Bonchev–Trinajstić information content (AvgIpc) is 3.02. The fraction of sp³-hybridized carbons (Fsp3) is 0.375. The van der Waals surface area contributed by atoms with Gasteiger partial charge in [0.05, 0.1) is 21.7 Å². The molecule has 1 aromatic heterocycles. The summed E-state index contributed by atoms with van der Waals surface area (Å²) in [5.41, 5.74) is -0.307. The number of ether oxygens (including phenoxy) is 1. The summed E-state index contributed by atoms with van der Waals surface area (Å²) in [4.78, 5) is 0. The van der Waals surface area contributed by atoms with Gasteiger partial charge in [0.25, 0.3) is 0 Å². The lowest BCUT2D eigenvalue weighted by Crippen LogP contribution is -2.21. The van der Waals surface area contributed by atoms with Crippen LogP contribution in [0.4, 0.5) is 26.3 Å². The molecule has 0 aliphatic carbocycles. The average molecular weight is 462 g/mol. The molecule has 1 atom stereocenters. The summed E-state index contributed by atoms with van der Waals surface area (Å²) < 4.78 is 94.8. The molecule has 2 aromatic rings. The first-order valence-electron chi connectivity index (χ1n) is 7.76. The molecule has 0 unspecified atom stereocenters. The standard InChI is InChI=1S/C16H14ClF6N3O2S/c1-14(2,3)29(27)25-13(10-7-24-26(8-10)15(18,19)20)9-4-5-12(11(17)6-9)28-16(21,22)23/h4-8H,1-3H3/t29-/m1/s1. The maximum atomic E-state index is 12.8. The third kappa shape index (κ3) is 6.20. The van der Waals surface area contributed by atoms with E-state index in [9.17, 15) is 30.6 Å². The molecule has 5 nitrogen and oxygen atoms in total. The Bertz CT molecular complexity index is 947. The van der Waals surface area contributed by atoms with Crippen molar-refractivity contribution in [2.75, 3.05) is 0 Å². The minimum absolute atomic E-state index is 0.0313. The zero-order valence-corrected chi connectivity index (χ0v) is 16.7. The molecule has 0 amide bonds. The van der Waals surface area contributed by atoms with Gasteiger partial charge >= 0.3 is 12.7 Å². The highest BCUT2D eigenvalue weighted by Gasteiger charge is 2.33. The van der Waals surface area contributed by atoms with E-state index in [4.69, 9.17) is 11.6 Å². The van der Waals surface area contributed by atoms with Crippen molar-refractivity contribution in [3.05, 3.63) is 46.7 Å². The van der Waals surface area contributed by atoms with Crippen LogP contribution in [-0.4, -0.2) is 30.8 Å². The van der Waals surface area contributed by atoms with E-state index >= 15 is 0 Å². The zero-order valence-electron chi connectivity index (χ0n) is 15.1. The number of halogens is 7. The van der Waals surface area contributed by atoms with Crippen LogP contribution in [0.25, 0.3) is 0 Å². The van der Waals surface area contributed by atoms with E-state index in [0.717, 1.165) is 24.4 Å². The summed E-state index contributed by atoms with van der Waals surface area (Å²) in [6.45, 7) is 4.78. The number of hydrogen-bond donors (Lipinski definition) is 0. The van der Waals surface area contributed by atoms with Gasteiger partial charge in [-0.1, -0.05) is 11.6 Å². The van der Waals surface area contributed by atoms with E-state index in [2.05, 4.69) is 14.2 Å². The Hall–Kier alpha value is -2.08. The maximum absolute atomic E-state index is 12.8. The molecule has 0 fully saturated rings. The van der Waals surface area contributed by atoms with Gasteiger partial charge < -0.3 is 4.74 Å². The molecule has 0 N–H and O–H groups in total. The van der Waals surface area contributed by atoms with E-state index in [1.165, 1.54) is 0 Å². The van der Waals surface area contributed by atoms with Crippen molar-refractivity contribution < 1.29 is 35.3 Å². The first kappa shape index (κ1) is 23.2. The maximum Gasteiger partial charge on any atom is 0.573 e. The fourth-order valence-corrected chi connectivity index (χ4v) is 2.80. The Morgan fingerprint density at radius 3 is 2.21 bits per heavy atom. The van der Waals surface area contributed by atoms with Crippen molar-refractivity contribution >= 4 is 28.3 Å². The molecule has 0 radical (unpaired) electrons. The Morgan fingerprint density at radius 2 is 1.76 bits per heavy atom. The third-order valence-electron chi connectivity index (χ3n) is 3.24. The smallest absolute Gasteiger partial charge is 0.404 e. The van der Waals surface area contributed by atoms with Crippen molar-refractivity contribution in [3.63, 3.8) is 0 Å². The lowest BCUT2D eigenvalue weighted by atomic mass is 10.1. The van der Waals surface area contributed by atoms with Crippen LogP contribution in [0.2, 0.25) is 5.02 Å². The highest BCUT2D eigenvalue weighted by Crippen LogP contribution is 2.32. The lowest BCUT2D eigenvalue weighted by molar-refractivity contribution is -0.274. The summed E-state index contributed by atoms with van der Waals surface area (Å²) in [5, 5.41) is 2.74.